The van der Waals surface area contributed by atoms with Gasteiger partial charge in [-0.05, 0) is 36.6 Å². The third kappa shape index (κ3) is 2.05. The standard InChI is InChI=1S/C12H13NO3/c1-13-12(15)16-9-5-6-10-8(7-9)3-2-4-11(10)14/h5-7H,2-4H2,1H3,(H,13,15). The molecule has 0 aliphatic heterocycles. The van der Waals surface area contributed by atoms with Crippen LogP contribution in [0.4, 0.5) is 4.79 Å². The van der Waals surface area contributed by atoms with Crippen molar-refractivity contribution < 1.29 is 14.3 Å². The van der Waals surface area contributed by atoms with Crippen LogP contribution in [-0.4, -0.2) is 18.9 Å². The molecule has 1 aliphatic carbocycles. The normalized spacial score (nSPS) is 14.2. The lowest BCUT2D eigenvalue weighted by atomic mass is 9.91. The summed E-state index contributed by atoms with van der Waals surface area (Å²) in [5.74, 6) is 0.653. The van der Waals surface area contributed by atoms with Crippen molar-refractivity contribution in [3.63, 3.8) is 0 Å². The number of ketones is 1. The minimum absolute atomic E-state index is 0.174. The van der Waals surface area contributed by atoms with Crippen LogP contribution in [0.25, 0.3) is 0 Å². The second-order valence-electron chi connectivity index (χ2n) is 3.74. The zero-order chi connectivity index (χ0) is 11.5. The summed E-state index contributed by atoms with van der Waals surface area (Å²) >= 11 is 0. The van der Waals surface area contributed by atoms with Gasteiger partial charge in [0, 0.05) is 19.0 Å². The van der Waals surface area contributed by atoms with Gasteiger partial charge in [0.15, 0.2) is 5.78 Å². The highest BCUT2D eigenvalue weighted by Crippen LogP contribution is 2.25. The Morgan fingerprint density at radius 2 is 2.19 bits per heavy atom. The molecule has 1 aromatic carbocycles. The number of carbonyl (C=O) groups is 2. The summed E-state index contributed by atoms with van der Waals surface area (Å²) in [6, 6.07) is 5.15. The molecular formula is C12H13NO3. The summed E-state index contributed by atoms with van der Waals surface area (Å²) in [5.41, 5.74) is 1.73. The first kappa shape index (κ1) is 10.7. The molecule has 1 aromatic rings. The SMILES string of the molecule is CNC(=O)Oc1ccc2c(c1)CCCC2=O. The molecule has 0 aromatic heterocycles. The lowest BCUT2D eigenvalue weighted by Gasteiger charge is -2.15. The first-order valence-corrected chi connectivity index (χ1v) is 5.26. The fourth-order valence-corrected chi connectivity index (χ4v) is 1.84. The van der Waals surface area contributed by atoms with Gasteiger partial charge in [-0.1, -0.05) is 0 Å². The zero-order valence-corrected chi connectivity index (χ0v) is 9.08. The summed E-state index contributed by atoms with van der Waals surface area (Å²) in [5, 5.41) is 2.37. The Labute approximate surface area is 93.6 Å². The number of carbonyl (C=O) groups excluding carboxylic acids is 2. The molecular weight excluding hydrogens is 206 g/mol. The van der Waals surface area contributed by atoms with Gasteiger partial charge in [-0.3, -0.25) is 4.79 Å². The summed E-state index contributed by atoms with van der Waals surface area (Å²) in [6.45, 7) is 0. The van der Waals surface area contributed by atoms with E-state index < -0.39 is 6.09 Å². The van der Waals surface area contributed by atoms with Crippen molar-refractivity contribution in [1.29, 1.82) is 0 Å². The Morgan fingerprint density at radius 3 is 2.94 bits per heavy atom. The molecule has 0 radical (unpaired) electrons. The highest BCUT2D eigenvalue weighted by Gasteiger charge is 2.17. The number of nitrogens with one attached hydrogen (secondary N) is 1. The number of ether oxygens (including phenoxy) is 1. The number of benzene rings is 1. The average molecular weight is 219 g/mol. The minimum atomic E-state index is -0.498. The minimum Gasteiger partial charge on any atom is -0.410 e. The summed E-state index contributed by atoms with van der Waals surface area (Å²) < 4.78 is 5.00. The lowest BCUT2D eigenvalue weighted by Crippen LogP contribution is -2.22. The van der Waals surface area contributed by atoms with Crippen LogP contribution in [0.15, 0.2) is 18.2 Å². The van der Waals surface area contributed by atoms with Crippen LogP contribution in [-0.2, 0) is 6.42 Å². The number of hydrogen-bond donors (Lipinski definition) is 1. The van der Waals surface area contributed by atoms with Crippen molar-refractivity contribution in [3.05, 3.63) is 29.3 Å². The van der Waals surface area contributed by atoms with Crippen LogP contribution >= 0.6 is 0 Å². The number of aryl methyl sites for hydroxylation is 1. The summed E-state index contributed by atoms with van der Waals surface area (Å²) in [4.78, 5) is 22.6. The molecule has 84 valence electrons. The molecule has 0 unspecified atom stereocenters. The predicted octanol–water partition coefficient (Wildman–Crippen LogP) is 1.92. The van der Waals surface area contributed by atoms with Crippen molar-refractivity contribution >= 4 is 11.9 Å². The van der Waals surface area contributed by atoms with Gasteiger partial charge in [0.2, 0.25) is 0 Å². The van der Waals surface area contributed by atoms with E-state index >= 15 is 0 Å². The molecule has 4 nitrogen and oxygen atoms in total. The highest BCUT2D eigenvalue weighted by atomic mass is 16.5. The molecule has 0 atom stereocenters. The van der Waals surface area contributed by atoms with Crippen LogP contribution in [0, 0.1) is 0 Å². The van der Waals surface area contributed by atoms with Gasteiger partial charge in [-0.15, -0.1) is 0 Å². The molecule has 0 fully saturated rings. The summed E-state index contributed by atoms with van der Waals surface area (Å²) in [6.07, 6.45) is 1.85. The van der Waals surface area contributed by atoms with Gasteiger partial charge in [-0.2, -0.15) is 0 Å². The summed E-state index contributed by atoms with van der Waals surface area (Å²) in [7, 11) is 1.50. The molecule has 0 spiro atoms. The van der Waals surface area contributed by atoms with Crippen molar-refractivity contribution in [1.82, 2.24) is 5.32 Å². The fourth-order valence-electron chi connectivity index (χ4n) is 1.84. The van der Waals surface area contributed by atoms with Crippen LogP contribution in [0.2, 0.25) is 0 Å². The molecule has 0 heterocycles. The Kier molecular flexibility index (Phi) is 2.90. The Bertz CT molecular complexity index is 440. The van der Waals surface area contributed by atoms with Crippen LogP contribution < -0.4 is 10.1 Å². The molecule has 1 amide bonds. The Balaban J connectivity index is 2.25. The molecule has 4 heteroatoms. The van der Waals surface area contributed by atoms with E-state index in [1.54, 1.807) is 18.2 Å². The maximum atomic E-state index is 11.6. The zero-order valence-electron chi connectivity index (χ0n) is 9.08. The van der Waals surface area contributed by atoms with Gasteiger partial charge in [0.05, 0.1) is 0 Å². The van der Waals surface area contributed by atoms with Crippen molar-refractivity contribution in [2.75, 3.05) is 7.05 Å². The van der Waals surface area contributed by atoms with Crippen molar-refractivity contribution in [3.8, 4) is 5.75 Å². The fraction of sp³-hybridized carbons (Fsp3) is 0.333. The predicted molar refractivity (Wildman–Crippen MR) is 58.8 cm³/mol. The molecule has 1 aliphatic rings. The van der Waals surface area contributed by atoms with Crippen molar-refractivity contribution in [2.45, 2.75) is 19.3 Å². The second kappa shape index (κ2) is 4.35. The molecule has 0 bridgehead atoms. The molecule has 0 saturated heterocycles. The van der Waals surface area contributed by atoms with E-state index in [1.165, 1.54) is 7.05 Å². The monoisotopic (exact) mass is 219 g/mol. The van der Waals surface area contributed by atoms with Gasteiger partial charge in [0.1, 0.15) is 5.75 Å². The van der Waals surface area contributed by atoms with E-state index in [9.17, 15) is 9.59 Å². The van der Waals surface area contributed by atoms with Gasteiger partial charge < -0.3 is 10.1 Å². The van der Waals surface area contributed by atoms with E-state index in [0.717, 1.165) is 24.0 Å². The maximum Gasteiger partial charge on any atom is 0.412 e. The maximum absolute atomic E-state index is 11.6. The van der Waals surface area contributed by atoms with Crippen LogP contribution in [0.1, 0.15) is 28.8 Å². The molecule has 2 rings (SSSR count). The lowest BCUT2D eigenvalue weighted by molar-refractivity contribution is 0.0972. The number of hydrogen-bond acceptors (Lipinski definition) is 3. The topological polar surface area (TPSA) is 55.4 Å². The smallest absolute Gasteiger partial charge is 0.410 e. The van der Waals surface area contributed by atoms with Gasteiger partial charge in [-0.25, -0.2) is 4.79 Å². The first-order valence-electron chi connectivity index (χ1n) is 5.26. The van der Waals surface area contributed by atoms with Gasteiger partial charge in [0.25, 0.3) is 0 Å². The van der Waals surface area contributed by atoms with Gasteiger partial charge >= 0.3 is 6.09 Å². The van der Waals surface area contributed by atoms with E-state index in [1.807, 2.05) is 0 Å². The molecule has 0 saturated carbocycles. The van der Waals surface area contributed by atoms with E-state index in [-0.39, 0.29) is 5.78 Å². The third-order valence-electron chi connectivity index (χ3n) is 2.64. The number of rotatable bonds is 1. The number of amides is 1. The number of fused-ring (bicyclic) bond motifs is 1. The van der Waals surface area contributed by atoms with Crippen LogP contribution in [0.5, 0.6) is 5.75 Å². The molecule has 1 N–H and O–H groups in total. The van der Waals surface area contributed by atoms with E-state index in [0.29, 0.717) is 12.2 Å². The highest BCUT2D eigenvalue weighted by molar-refractivity contribution is 5.98. The Hall–Kier alpha value is -1.84. The largest absolute Gasteiger partial charge is 0.412 e. The third-order valence-corrected chi connectivity index (χ3v) is 2.64. The van der Waals surface area contributed by atoms with Crippen molar-refractivity contribution in [2.24, 2.45) is 0 Å². The average Bonchev–Trinajstić information content (AvgIpc) is 2.29. The van der Waals surface area contributed by atoms with Crippen LogP contribution in [0.3, 0.4) is 0 Å². The van der Waals surface area contributed by atoms with E-state index in [4.69, 9.17) is 4.74 Å². The number of Topliss-reactive ketones (excluding diaryl/α,β-unsaturated/α-hetero) is 1. The quantitative estimate of drug-likeness (QED) is 0.785. The second-order valence-corrected chi connectivity index (χ2v) is 3.74. The Morgan fingerprint density at radius 1 is 1.38 bits per heavy atom. The molecule has 16 heavy (non-hydrogen) atoms. The first-order chi connectivity index (χ1) is 7.70. The van der Waals surface area contributed by atoms with E-state index in [2.05, 4.69) is 5.32 Å².